The Morgan fingerprint density at radius 3 is 2.68 bits per heavy atom. The van der Waals surface area contributed by atoms with E-state index in [-0.39, 0.29) is 30.2 Å². The second-order valence-electron chi connectivity index (χ2n) is 4.96. The van der Waals surface area contributed by atoms with Gasteiger partial charge < -0.3 is 10.2 Å². The third-order valence-corrected chi connectivity index (χ3v) is 3.09. The van der Waals surface area contributed by atoms with Crippen molar-refractivity contribution >= 4 is 11.8 Å². The van der Waals surface area contributed by atoms with Gasteiger partial charge in [-0.15, -0.1) is 0 Å². The summed E-state index contributed by atoms with van der Waals surface area (Å²) in [7, 11) is 1.57. The normalized spacial score (nSPS) is 14.1. The number of rotatable bonds is 4. The van der Waals surface area contributed by atoms with Crippen molar-refractivity contribution in [1.82, 2.24) is 10.2 Å². The van der Waals surface area contributed by atoms with Crippen molar-refractivity contribution in [2.24, 2.45) is 0 Å². The van der Waals surface area contributed by atoms with Crippen LogP contribution in [0.5, 0.6) is 0 Å². The Morgan fingerprint density at radius 1 is 1.42 bits per heavy atom. The average Bonchev–Trinajstić information content (AvgIpc) is 3.11. The van der Waals surface area contributed by atoms with Gasteiger partial charge in [-0.2, -0.15) is 0 Å². The SMILES string of the molecule is Cc1cc(F)ccc1C(=O)N(C)CC(=O)NC1CC1. The molecular weight excluding hydrogens is 247 g/mol. The van der Waals surface area contributed by atoms with Crippen LogP contribution >= 0.6 is 0 Å². The highest BCUT2D eigenvalue weighted by atomic mass is 19.1. The predicted octanol–water partition coefficient (Wildman–Crippen LogP) is 1.48. The highest BCUT2D eigenvalue weighted by molar-refractivity contribution is 5.97. The molecule has 0 atom stereocenters. The van der Waals surface area contributed by atoms with E-state index in [0.717, 1.165) is 12.8 Å². The van der Waals surface area contributed by atoms with Gasteiger partial charge in [-0.1, -0.05) is 0 Å². The van der Waals surface area contributed by atoms with E-state index in [4.69, 9.17) is 0 Å². The first-order valence-corrected chi connectivity index (χ1v) is 6.28. The van der Waals surface area contributed by atoms with Crippen molar-refractivity contribution in [2.75, 3.05) is 13.6 Å². The van der Waals surface area contributed by atoms with Gasteiger partial charge in [-0.3, -0.25) is 9.59 Å². The van der Waals surface area contributed by atoms with Crippen LogP contribution in [0.1, 0.15) is 28.8 Å². The van der Waals surface area contributed by atoms with Crippen LogP contribution in [0.4, 0.5) is 4.39 Å². The van der Waals surface area contributed by atoms with Gasteiger partial charge in [0.25, 0.3) is 5.91 Å². The maximum atomic E-state index is 13.0. The van der Waals surface area contributed by atoms with E-state index in [1.807, 2.05) is 0 Å². The molecule has 1 fully saturated rings. The summed E-state index contributed by atoms with van der Waals surface area (Å²) in [5.74, 6) is -0.801. The molecule has 102 valence electrons. The van der Waals surface area contributed by atoms with Crippen molar-refractivity contribution in [1.29, 1.82) is 0 Å². The van der Waals surface area contributed by atoms with E-state index in [1.165, 1.54) is 23.1 Å². The van der Waals surface area contributed by atoms with E-state index in [1.54, 1.807) is 14.0 Å². The maximum absolute atomic E-state index is 13.0. The van der Waals surface area contributed by atoms with E-state index >= 15 is 0 Å². The topological polar surface area (TPSA) is 49.4 Å². The molecule has 1 saturated carbocycles. The minimum Gasteiger partial charge on any atom is -0.352 e. The Bertz CT molecular complexity index is 512. The Morgan fingerprint density at radius 2 is 2.11 bits per heavy atom. The largest absolute Gasteiger partial charge is 0.352 e. The second-order valence-corrected chi connectivity index (χ2v) is 4.96. The van der Waals surface area contributed by atoms with Gasteiger partial charge in [0.15, 0.2) is 0 Å². The first-order chi connectivity index (χ1) is 8.97. The molecule has 1 aromatic carbocycles. The highest BCUT2D eigenvalue weighted by Gasteiger charge is 2.24. The monoisotopic (exact) mass is 264 g/mol. The van der Waals surface area contributed by atoms with E-state index in [2.05, 4.69) is 5.32 Å². The molecule has 0 spiro atoms. The summed E-state index contributed by atoms with van der Waals surface area (Å²) in [6.45, 7) is 1.70. The van der Waals surface area contributed by atoms with Crippen molar-refractivity contribution in [2.45, 2.75) is 25.8 Å². The van der Waals surface area contributed by atoms with Crippen LogP contribution < -0.4 is 5.32 Å². The summed E-state index contributed by atoms with van der Waals surface area (Å²) in [5, 5.41) is 2.82. The zero-order valence-corrected chi connectivity index (χ0v) is 11.1. The summed E-state index contributed by atoms with van der Waals surface area (Å²) >= 11 is 0. The lowest BCUT2D eigenvalue weighted by molar-refractivity contribution is -0.121. The van der Waals surface area contributed by atoms with Crippen molar-refractivity contribution in [3.05, 3.63) is 35.1 Å². The molecule has 1 aliphatic carbocycles. The lowest BCUT2D eigenvalue weighted by Gasteiger charge is -2.18. The minimum absolute atomic E-state index is 0.0200. The number of hydrogen-bond donors (Lipinski definition) is 1. The van der Waals surface area contributed by atoms with E-state index in [9.17, 15) is 14.0 Å². The number of benzene rings is 1. The van der Waals surface area contributed by atoms with Crippen LogP contribution in [0.25, 0.3) is 0 Å². The number of hydrogen-bond acceptors (Lipinski definition) is 2. The number of aryl methyl sites for hydroxylation is 1. The van der Waals surface area contributed by atoms with Gasteiger partial charge >= 0.3 is 0 Å². The molecule has 4 nitrogen and oxygen atoms in total. The maximum Gasteiger partial charge on any atom is 0.254 e. The molecule has 0 radical (unpaired) electrons. The third-order valence-electron chi connectivity index (χ3n) is 3.09. The third kappa shape index (κ3) is 3.53. The lowest BCUT2D eigenvalue weighted by Crippen LogP contribution is -2.39. The number of nitrogens with zero attached hydrogens (tertiary/aromatic N) is 1. The van der Waals surface area contributed by atoms with Crippen molar-refractivity contribution in [3.63, 3.8) is 0 Å². The van der Waals surface area contributed by atoms with Gasteiger partial charge in [-0.25, -0.2) is 4.39 Å². The van der Waals surface area contributed by atoms with Crippen LogP contribution in [0, 0.1) is 12.7 Å². The van der Waals surface area contributed by atoms with E-state index < -0.39 is 0 Å². The molecule has 0 unspecified atom stereocenters. The molecule has 5 heteroatoms. The molecule has 19 heavy (non-hydrogen) atoms. The molecule has 0 aromatic heterocycles. The Balaban J connectivity index is 1.99. The smallest absolute Gasteiger partial charge is 0.254 e. The second kappa shape index (κ2) is 5.38. The molecule has 1 N–H and O–H groups in total. The van der Waals surface area contributed by atoms with Crippen molar-refractivity contribution in [3.8, 4) is 0 Å². The summed E-state index contributed by atoms with van der Waals surface area (Å²) in [6.07, 6.45) is 2.03. The standard InChI is InChI=1S/C14H17FN2O2/c1-9-7-10(15)3-6-12(9)14(19)17(2)8-13(18)16-11-4-5-11/h3,6-7,11H,4-5,8H2,1-2H3,(H,16,18). The fraction of sp³-hybridized carbons (Fsp3) is 0.429. The quantitative estimate of drug-likeness (QED) is 0.895. The number of likely N-dealkylation sites (N-methyl/N-ethyl adjacent to an activating group) is 1. The molecule has 0 aliphatic heterocycles. The predicted molar refractivity (Wildman–Crippen MR) is 69.3 cm³/mol. The zero-order valence-electron chi connectivity index (χ0n) is 11.1. The summed E-state index contributed by atoms with van der Waals surface area (Å²) in [4.78, 5) is 25.1. The first kappa shape index (κ1) is 13.5. The first-order valence-electron chi connectivity index (χ1n) is 6.28. The number of carbonyl (C=O) groups excluding carboxylic acids is 2. The summed E-state index contributed by atoms with van der Waals surface area (Å²) < 4.78 is 13.0. The van der Waals surface area contributed by atoms with Crippen molar-refractivity contribution < 1.29 is 14.0 Å². The summed E-state index contributed by atoms with van der Waals surface area (Å²) in [5.41, 5.74) is 0.988. The Labute approximate surface area is 111 Å². The number of carbonyl (C=O) groups is 2. The van der Waals surface area contributed by atoms with Gasteiger partial charge in [0.2, 0.25) is 5.91 Å². The zero-order chi connectivity index (χ0) is 14.0. The molecule has 2 rings (SSSR count). The van der Waals surface area contributed by atoms with Crippen LogP contribution in [-0.2, 0) is 4.79 Å². The van der Waals surface area contributed by atoms with Crippen LogP contribution in [0.3, 0.4) is 0 Å². The minimum atomic E-state index is -0.372. The highest BCUT2D eigenvalue weighted by Crippen LogP contribution is 2.18. The van der Waals surface area contributed by atoms with Crippen LogP contribution in [0.15, 0.2) is 18.2 Å². The van der Waals surface area contributed by atoms with Gasteiger partial charge in [0, 0.05) is 18.7 Å². The van der Waals surface area contributed by atoms with Gasteiger partial charge in [0.1, 0.15) is 5.82 Å². The molecule has 0 bridgehead atoms. The Hall–Kier alpha value is -1.91. The molecule has 0 heterocycles. The van der Waals surface area contributed by atoms with E-state index in [0.29, 0.717) is 11.1 Å². The lowest BCUT2D eigenvalue weighted by atomic mass is 10.1. The van der Waals surface area contributed by atoms with Gasteiger partial charge in [-0.05, 0) is 43.5 Å². The van der Waals surface area contributed by atoms with Gasteiger partial charge in [0.05, 0.1) is 6.54 Å². The molecule has 1 aromatic rings. The molecule has 1 aliphatic rings. The average molecular weight is 264 g/mol. The number of halogens is 1. The summed E-state index contributed by atoms with van der Waals surface area (Å²) in [6, 6.07) is 4.29. The number of nitrogens with one attached hydrogen (secondary N) is 1. The molecular formula is C14H17FN2O2. The fourth-order valence-corrected chi connectivity index (χ4v) is 1.86. The Kier molecular flexibility index (Phi) is 3.83. The number of amides is 2. The fourth-order valence-electron chi connectivity index (χ4n) is 1.86. The van der Waals surface area contributed by atoms with Crippen LogP contribution in [0.2, 0.25) is 0 Å². The molecule has 0 saturated heterocycles. The molecule has 2 amide bonds. The van der Waals surface area contributed by atoms with Crippen LogP contribution in [-0.4, -0.2) is 36.3 Å².